The minimum atomic E-state index is 1.03. The van der Waals surface area contributed by atoms with Gasteiger partial charge >= 0.3 is 0 Å². The fourth-order valence-electron chi connectivity index (χ4n) is 4.22. The fraction of sp³-hybridized carbons (Fsp3) is 0.500. The molecule has 0 amide bonds. The van der Waals surface area contributed by atoms with Gasteiger partial charge in [-0.3, -0.25) is 0 Å². The van der Waals surface area contributed by atoms with E-state index in [1.807, 2.05) is 34.0 Å². The quantitative estimate of drug-likeness (QED) is 0.182. The summed E-state index contributed by atoms with van der Waals surface area (Å²) >= 11 is 5.62. The molecular weight excluding hydrogens is 461 g/mol. The Hall–Kier alpha value is -1.56. The van der Waals surface area contributed by atoms with Gasteiger partial charge in [-0.15, -0.1) is 34.0 Å². The Morgan fingerprint density at radius 1 is 0.636 bits per heavy atom. The smallest absolute Gasteiger partial charge is 0.109 e. The molecule has 0 saturated heterocycles. The van der Waals surface area contributed by atoms with Crippen molar-refractivity contribution < 1.29 is 0 Å². The molecule has 0 aromatic carbocycles. The third-order valence-electron chi connectivity index (χ3n) is 6.33. The summed E-state index contributed by atoms with van der Waals surface area (Å²) in [6.45, 7) is 8.71. The molecule has 4 aromatic heterocycles. The van der Waals surface area contributed by atoms with Gasteiger partial charge in [0.05, 0.1) is 21.1 Å². The Kier molecular flexibility index (Phi) is 8.72. The van der Waals surface area contributed by atoms with Gasteiger partial charge < -0.3 is 0 Å². The maximum absolute atomic E-state index is 5.03. The van der Waals surface area contributed by atoms with Gasteiger partial charge in [-0.25, -0.2) is 9.97 Å². The molecule has 2 nitrogen and oxygen atoms in total. The van der Waals surface area contributed by atoms with Gasteiger partial charge in [-0.1, -0.05) is 52.4 Å². The normalized spacial score (nSPS) is 11.6. The number of hydrogen-bond acceptors (Lipinski definition) is 5. The summed E-state index contributed by atoms with van der Waals surface area (Å²) in [6, 6.07) is 4.80. The number of aromatic nitrogens is 2. The van der Waals surface area contributed by atoms with Gasteiger partial charge in [-0.2, -0.15) is 0 Å². The molecule has 176 valence electrons. The van der Waals surface area contributed by atoms with E-state index in [1.165, 1.54) is 94.8 Å². The summed E-state index contributed by atoms with van der Waals surface area (Å²) in [7, 11) is 0. The molecular formula is C28H36N2S3. The van der Waals surface area contributed by atoms with Crippen LogP contribution in [0.5, 0.6) is 0 Å². The van der Waals surface area contributed by atoms with Crippen LogP contribution in [0.1, 0.15) is 87.7 Å². The molecule has 0 aliphatic heterocycles. The van der Waals surface area contributed by atoms with Crippen molar-refractivity contribution in [3.63, 3.8) is 0 Å². The number of fused-ring (bicyclic) bond motifs is 1. The summed E-state index contributed by atoms with van der Waals surface area (Å²) in [5, 5.41) is 4.70. The molecule has 4 rings (SSSR count). The number of thiophene rings is 3. The number of nitrogens with zero attached hydrogens (tertiary/aromatic N) is 2. The Bertz CT molecular complexity index is 1090. The molecule has 4 aromatic rings. The van der Waals surface area contributed by atoms with Crippen molar-refractivity contribution in [2.75, 3.05) is 0 Å². The van der Waals surface area contributed by atoms with E-state index >= 15 is 0 Å². The average molecular weight is 497 g/mol. The van der Waals surface area contributed by atoms with Gasteiger partial charge in [0.25, 0.3) is 0 Å². The lowest BCUT2D eigenvalue weighted by Crippen LogP contribution is -1.92. The number of aryl methyl sites for hydroxylation is 4. The lowest BCUT2D eigenvalue weighted by Gasteiger charge is -2.01. The highest BCUT2D eigenvalue weighted by Gasteiger charge is 2.20. The first kappa shape index (κ1) is 24.6. The molecule has 0 radical (unpaired) electrons. The van der Waals surface area contributed by atoms with Crippen molar-refractivity contribution >= 4 is 45.0 Å². The second-order valence-electron chi connectivity index (χ2n) is 9.11. The fourth-order valence-corrected chi connectivity index (χ4v) is 7.53. The van der Waals surface area contributed by atoms with Crippen LogP contribution in [0, 0.1) is 13.8 Å². The van der Waals surface area contributed by atoms with Crippen LogP contribution in [0.4, 0.5) is 0 Å². The minimum absolute atomic E-state index is 1.03. The van der Waals surface area contributed by atoms with E-state index in [2.05, 4.69) is 50.6 Å². The van der Waals surface area contributed by atoms with Crippen molar-refractivity contribution in [3.8, 4) is 19.5 Å². The van der Waals surface area contributed by atoms with Crippen LogP contribution in [0.25, 0.3) is 30.5 Å². The molecule has 0 unspecified atom stereocenters. The zero-order valence-electron chi connectivity index (χ0n) is 20.5. The summed E-state index contributed by atoms with van der Waals surface area (Å²) in [5.74, 6) is 0. The first-order valence-corrected chi connectivity index (χ1v) is 15.1. The lowest BCUT2D eigenvalue weighted by atomic mass is 10.1. The van der Waals surface area contributed by atoms with Crippen LogP contribution >= 0.6 is 34.0 Å². The van der Waals surface area contributed by atoms with E-state index in [1.54, 1.807) is 0 Å². The summed E-state index contributed by atoms with van der Waals surface area (Å²) in [6.07, 6.45) is 12.9. The largest absolute Gasteiger partial charge is 0.248 e. The molecule has 0 bridgehead atoms. The molecule has 33 heavy (non-hydrogen) atoms. The van der Waals surface area contributed by atoms with Crippen molar-refractivity contribution in [2.24, 2.45) is 0 Å². The average Bonchev–Trinajstić information content (AvgIpc) is 3.54. The van der Waals surface area contributed by atoms with Gasteiger partial charge in [0, 0.05) is 9.75 Å². The zero-order valence-corrected chi connectivity index (χ0v) is 22.9. The molecule has 0 aliphatic rings. The molecule has 0 spiro atoms. The van der Waals surface area contributed by atoms with Crippen molar-refractivity contribution in [2.45, 2.75) is 91.9 Å². The predicted molar refractivity (Wildman–Crippen MR) is 149 cm³/mol. The number of unbranched alkanes of at least 4 members (excludes halogenated alkanes) is 6. The highest BCUT2D eigenvalue weighted by Crippen LogP contribution is 2.46. The van der Waals surface area contributed by atoms with Crippen molar-refractivity contribution in [1.29, 1.82) is 0 Å². The third kappa shape index (κ3) is 5.93. The van der Waals surface area contributed by atoms with E-state index in [-0.39, 0.29) is 0 Å². The van der Waals surface area contributed by atoms with Gasteiger partial charge in [-0.05, 0) is 73.6 Å². The Balaban J connectivity index is 1.63. The SMILES string of the molecule is CCCCCCc1csc(-c2sc(-c3cc(CCCCCC)cs3)c3nc(C)c(C)nc23)c1. The van der Waals surface area contributed by atoms with Crippen LogP contribution in [0.2, 0.25) is 0 Å². The Labute approximate surface area is 211 Å². The molecule has 0 atom stereocenters. The number of hydrogen-bond donors (Lipinski definition) is 0. The summed E-state index contributed by atoms with van der Waals surface area (Å²) in [5.41, 5.74) is 7.17. The van der Waals surface area contributed by atoms with Gasteiger partial charge in [0.1, 0.15) is 11.0 Å². The number of rotatable bonds is 12. The maximum atomic E-state index is 5.03. The maximum Gasteiger partial charge on any atom is 0.109 e. The van der Waals surface area contributed by atoms with E-state index in [9.17, 15) is 0 Å². The first-order valence-electron chi connectivity index (χ1n) is 12.5. The standard InChI is InChI=1S/C28H36N2S3/c1-5-7-9-11-13-21-15-23(31-17-21)27-25-26(30-20(4)19(3)29-25)28(33-27)24-16-22(18-32-24)14-12-10-8-6-2/h15-18H,5-14H2,1-4H3. The topological polar surface area (TPSA) is 25.8 Å². The van der Waals surface area contributed by atoms with E-state index in [0.717, 1.165) is 22.4 Å². The lowest BCUT2D eigenvalue weighted by molar-refractivity contribution is 0.667. The monoisotopic (exact) mass is 496 g/mol. The molecule has 0 saturated carbocycles. The van der Waals surface area contributed by atoms with Crippen LogP contribution in [-0.2, 0) is 12.8 Å². The van der Waals surface area contributed by atoms with E-state index in [0.29, 0.717) is 0 Å². The molecule has 0 N–H and O–H groups in total. The summed E-state index contributed by atoms with van der Waals surface area (Å²) in [4.78, 5) is 15.3. The highest BCUT2D eigenvalue weighted by atomic mass is 32.1. The molecule has 4 heterocycles. The van der Waals surface area contributed by atoms with E-state index < -0.39 is 0 Å². The van der Waals surface area contributed by atoms with Gasteiger partial charge in [0.2, 0.25) is 0 Å². The van der Waals surface area contributed by atoms with Crippen molar-refractivity contribution in [1.82, 2.24) is 9.97 Å². The van der Waals surface area contributed by atoms with Crippen LogP contribution in [-0.4, -0.2) is 9.97 Å². The second-order valence-corrected chi connectivity index (χ2v) is 12.0. The van der Waals surface area contributed by atoms with Crippen LogP contribution in [0.3, 0.4) is 0 Å². The highest BCUT2D eigenvalue weighted by molar-refractivity contribution is 7.27. The Morgan fingerprint density at radius 3 is 1.52 bits per heavy atom. The Morgan fingerprint density at radius 2 is 1.09 bits per heavy atom. The van der Waals surface area contributed by atoms with Gasteiger partial charge in [0.15, 0.2) is 0 Å². The third-order valence-corrected chi connectivity index (χ3v) is 9.82. The first-order chi connectivity index (χ1) is 16.1. The van der Waals surface area contributed by atoms with Crippen LogP contribution < -0.4 is 0 Å². The second kappa shape index (κ2) is 11.7. The zero-order chi connectivity index (χ0) is 23.2. The molecule has 0 aliphatic carbocycles. The van der Waals surface area contributed by atoms with E-state index in [4.69, 9.17) is 9.97 Å². The van der Waals surface area contributed by atoms with Crippen LogP contribution in [0.15, 0.2) is 22.9 Å². The molecule has 0 fully saturated rings. The minimum Gasteiger partial charge on any atom is -0.248 e. The molecule has 5 heteroatoms. The summed E-state index contributed by atoms with van der Waals surface area (Å²) < 4.78 is 0. The predicted octanol–water partition coefficient (Wildman–Crippen LogP) is 10.0. The van der Waals surface area contributed by atoms with Crippen molar-refractivity contribution in [3.05, 3.63) is 45.4 Å².